The first-order valence-electron chi connectivity index (χ1n) is 6.30. The summed E-state index contributed by atoms with van der Waals surface area (Å²) in [5.41, 5.74) is 0.507. The van der Waals surface area contributed by atoms with Crippen molar-refractivity contribution < 1.29 is 17.3 Å². The van der Waals surface area contributed by atoms with Gasteiger partial charge in [-0.25, -0.2) is 0 Å². The Labute approximate surface area is 129 Å². The molecule has 0 aliphatic carbocycles. The number of nitrogens with zero attached hydrogens (tertiary/aromatic N) is 1. The van der Waals surface area contributed by atoms with Gasteiger partial charge in [0.15, 0.2) is 0 Å². The molecule has 0 heterocycles. The maximum absolute atomic E-state index is 12.0. The highest BCUT2D eigenvalue weighted by atomic mass is 32.2. The van der Waals surface area contributed by atoms with E-state index in [-0.39, 0.29) is 10.5 Å². The smallest absolute Gasteiger partial charge is 0.338 e. The van der Waals surface area contributed by atoms with Crippen LogP contribution in [0.15, 0.2) is 65.8 Å². The fraction of sp³-hybridized carbons (Fsp3) is 0.0625. The average Bonchev–Trinajstić information content (AvgIpc) is 2.56. The lowest BCUT2D eigenvalue weighted by molar-refractivity contribution is 0.413. The summed E-state index contributed by atoms with van der Waals surface area (Å²) in [6.45, 7) is 0. The second kappa shape index (κ2) is 6.78. The minimum absolute atomic E-state index is 0.0172. The van der Waals surface area contributed by atoms with E-state index in [0.29, 0.717) is 11.3 Å². The van der Waals surface area contributed by atoms with E-state index in [9.17, 15) is 13.7 Å². The zero-order valence-electron chi connectivity index (χ0n) is 11.8. The quantitative estimate of drug-likeness (QED) is 0.481. The summed E-state index contributed by atoms with van der Waals surface area (Å²) < 4.78 is 34.1. The number of ether oxygens (including phenoxy) is 1. The van der Waals surface area contributed by atoms with Gasteiger partial charge in [0.1, 0.15) is 23.0 Å². The van der Waals surface area contributed by atoms with Gasteiger partial charge >= 0.3 is 10.1 Å². The Balaban J connectivity index is 2.33. The van der Waals surface area contributed by atoms with E-state index >= 15 is 0 Å². The van der Waals surface area contributed by atoms with E-state index in [1.807, 2.05) is 6.07 Å². The first-order chi connectivity index (χ1) is 10.6. The summed E-state index contributed by atoms with van der Waals surface area (Å²) in [5, 5.41) is 9.22. The van der Waals surface area contributed by atoms with Gasteiger partial charge in [-0.3, -0.25) is 0 Å². The summed E-state index contributed by atoms with van der Waals surface area (Å²) in [5.74, 6) is 0.455. The molecule has 0 atom stereocenters. The lowest BCUT2D eigenvalue weighted by Crippen LogP contribution is -2.02. The van der Waals surface area contributed by atoms with E-state index in [4.69, 9.17) is 8.92 Å². The molecule has 0 aliphatic rings. The van der Waals surface area contributed by atoms with E-state index in [0.717, 1.165) is 6.26 Å². The monoisotopic (exact) mass is 315 g/mol. The molecule has 112 valence electrons. The molecule has 0 fully saturated rings. The van der Waals surface area contributed by atoms with E-state index in [2.05, 4.69) is 0 Å². The molecule has 0 aliphatic heterocycles. The fourth-order valence-corrected chi connectivity index (χ4v) is 2.60. The minimum Gasteiger partial charge on any atom is -0.496 e. The fourth-order valence-electron chi connectivity index (χ4n) is 1.77. The van der Waals surface area contributed by atoms with Crippen LogP contribution in [0.5, 0.6) is 5.75 Å². The normalized spacial score (nSPS) is 11.5. The largest absolute Gasteiger partial charge is 0.496 e. The first-order valence-corrected chi connectivity index (χ1v) is 7.71. The molecule has 6 heteroatoms. The van der Waals surface area contributed by atoms with Crippen LogP contribution >= 0.6 is 0 Å². The van der Waals surface area contributed by atoms with Crippen LogP contribution in [0.3, 0.4) is 0 Å². The maximum atomic E-state index is 12.0. The number of allylic oxidation sites excluding steroid dienone is 1. The Hall–Kier alpha value is -2.78. The van der Waals surface area contributed by atoms with Crippen LogP contribution in [0.4, 0.5) is 0 Å². The Bertz CT molecular complexity index is 821. The van der Waals surface area contributed by atoms with Crippen LogP contribution in [0.1, 0.15) is 5.56 Å². The molecule has 2 aromatic rings. The number of methoxy groups -OCH3 is 1. The van der Waals surface area contributed by atoms with Crippen molar-refractivity contribution in [2.75, 3.05) is 7.11 Å². The summed E-state index contributed by atoms with van der Waals surface area (Å²) in [7, 11) is -2.49. The molecule has 0 saturated carbocycles. The van der Waals surface area contributed by atoms with Crippen molar-refractivity contribution in [3.63, 3.8) is 0 Å². The van der Waals surface area contributed by atoms with E-state index < -0.39 is 10.1 Å². The van der Waals surface area contributed by atoms with Gasteiger partial charge in [0.2, 0.25) is 0 Å². The SMILES string of the molecule is COc1ccccc1/C(C#N)=C\OS(=O)(=O)c1ccccc1. The van der Waals surface area contributed by atoms with Crippen molar-refractivity contribution in [2.45, 2.75) is 4.90 Å². The molecule has 2 aromatic carbocycles. The number of nitriles is 1. The van der Waals surface area contributed by atoms with Crippen LogP contribution in [-0.4, -0.2) is 15.5 Å². The third-order valence-electron chi connectivity index (χ3n) is 2.84. The second-order valence-electron chi connectivity index (χ2n) is 4.21. The molecular formula is C16H13NO4S. The van der Waals surface area contributed by atoms with Crippen molar-refractivity contribution in [1.29, 1.82) is 5.26 Å². The standard InChI is InChI=1S/C16H13NO4S/c1-20-16-10-6-5-9-15(16)13(11-17)12-21-22(18,19)14-7-3-2-4-8-14/h2-10,12H,1H3/b13-12-. The zero-order valence-corrected chi connectivity index (χ0v) is 12.6. The average molecular weight is 315 g/mol. The van der Waals surface area contributed by atoms with Gasteiger partial charge in [-0.2, -0.15) is 13.7 Å². The lowest BCUT2D eigenvalue weighted by atomic mass is 10.1. The predicted molar refractivity (Wildman–Crippen MR) is 81.3 cm³/mol. The Morgan fingerprint density at radius 1 is 1.09 bits per heavy atom. The molecule has 0 unspecified atom stereocenters. The van der Waals surface area contributed by atoms with Gasteiger partial charge < -0.3 is 8.92 Å². The van der Waals surface area contributed by atoms with Crippen molar-refractivity contribution in [3.05, 3.63) is 66.4 Å². The molecule has 0 amide bonds. The number of hydrogen-bond donors (Lipinski definition) is 0. The molecular weight excluding hydrogens is 302 g/mol. The number of hydrogen-bond acceptors (Lipinski definition) is 5. The number of benzene rings is 2. The molecule has 0 saturated heterocycles. The highest BCUT2D eigenvalue weighted by molar-refractivity contribution is 7.86. The van der Waals surface area contributed by atoms with Crippen LogP contribution in [-0.2, 0) is 14.3 Å². The van der Waals surface area contributed by atoms with Crippen molar-refractivity contribution in [2.24, 2.45) is 0 Å². The van der Waals surface area contributed by atoms with Crippen molar-refractivity contribution in [1.82, 2.24) is 0 Å². The number of rotatable bonds is 5. The topological polar surface area (TPSA) is 76.4 Å². The zero-order chi connectivity index (χ0) is 16.0. The summed E-state index contributed by atoms with van der Waals surface area (Å²) in [6, 6.07) is 16.4. The Morgan fingerprint density at radius 3 is 2.36 bits per heavy atom. The molecule has 5 nitrogen and oxygen atoms in total. The van der Waals surface area contributed by atoms with Gasteiger partial charge in [-0.1, -0.05) is 30.3 Å². The molecule has 0 N–H and O–H groups in total. The van der Waals surface area contributed by atoms with Crippen molar-refractivity contribution in [3.8, 4) is 11.8 Å². The third kappa shape index (κ3) is 3.45. The summed E-state index contributed by atoms with van der Waals surface area (Å²) in [6.07, 6.45) is 0.917. The highest BCUT2D eigenvalue weighted by Crippen LogP contribution is 2.26. The van der Waals surface area contributed by atoms with Gasteiger partial charge in [-0.15, -0.1) is 0 Å². The molecule has 0 bridgehead atoms. The summed E-state index contributed by atoms with van der Waals surface area (Å²) >= 11 is 0. The van der Waals surface area contributed by atoms with Crippen molar-refractivity contribution >= 4 is 15.7 Å². The number of para-hydroxylation sites is 1. The van der Waals surface area contributed by atoms with E-state index in [1.165, 1.54) is 19.2 Å². The molecule has 0 aromatic heterocycles. The van der Waals surface area contributed by atoms with Crippen LogP contribution < -0.4 is 4.74 Å². The van der Waals surface area contributed by atoms with Gasteiger partial charge in [0, 0.05) is 5.56 Å². The first kappa shape index (κ1) is 15.6. The lowest BCUT2D eigenvalue weighted by Gasteiger charge is -2.07. The van der Waals surface area contributed by atoms with Gasteiger partial charge in [0.05, 0.1) is 12.7 Å². The Morgan fingerprint density at radius 2 is 1.73 bits per heavy atom. The maximum Gasteiger partial charge on any atom is 0.338 e. The Kier molecular flexibility index (Phi) is 4.81. The van der Waals surface area contributed by atoms with Crippen LogP contribution in [0.2, 0.25) is 0 Å². The molecule has 0 radical (unpaired) electrons. The molecule has 0 spiro atoms. The molecule has 2 rings (SSSR count). The third-order valence-corrected chi connectivity index (χ3v) is 4.04. The highest BCUT2D eigenvalue weighted by Gasteiger charge is 2.15. The van der Waals surface area contributed by atoms with Crippen LogP contribution in [0, 0.1) is 11.3 Å². The van der Waals surface area contributed by atoms with Gasteiger partial charge in [0.25, 0.3) is 0 Å². The van der Waals surface area contributed by atoms with Crippen LogP contribution in [0.25, 0.3) is 5.57 Å². The van der Waals surface area contributed by atoms with E-state index in [1.54, 1.807) is 42.5 Å². The predicted octanol–water partition coefficient (Wildman–Crippen LogP) is 2.97. The summed E-state index contributed by atoms with van der Waals surface area (Å²) in [4.78, 5) is 0.0172. The van der Waals surface area contributed by atoms with Gasteiger partial charge in [-0.05, 0) is 24.3 Å². The second-order valence-corrected chi connectivity index (χ2v) is 5.78. The molecule has 22 heavy (non-hydrogen) atoms. The minimum atomic E-state index is -3.96.